The minimum atomic E-state index is -0.529. The highest BCUT2D eigenvalue weighted by Crippen LogP contribution is 2.21. The van der Waals surface area contributed by atoms with Crippen LogP contribution in [0.15, 0.2) is 30.3 Å². The number of benzene rings is 1. The van der Waals surface area contributed by atoms with Gasteiger partial charge in [0.05, 0.1) is 6.54 Å². The van der Waals surface area contributed by atoms with Crippen LogP contribution in [0.3, 0.4) is 0 Å². The molecule has 2 amide bonds. The van der Waals surface area contributed by atoms with Gasteiger partial charge < -0.3 is 24.4 Å². The summed E-state index contributed by atoms with van der Waals surface area (Å²) in [5.41, 5.74) is 0.564. The van der Waals surface area contributed by atoms with Crippen LogP contribution >= 0.6 is 0 Å². The summed E-state index contributed by atoms with van der Waals surface area (Å²) in [4.78, 5) is 26.2. The van der Waals surface area contributed by atoms with Crippen molar-refractivity contribution >= 4 is 12.2 Å². The van der Waals surface area contributed by atoms with Crippen LogP contribution in [0.5, 0.6) is 0 Å². The first kappa shape index (κ1) is 23.0. The molecule has 162 valence electrons. The number of carbonyl (C=O) groups is 2. The van der Waals surface area contributed by atoms with Crippen molar-refractivity contribution in [2.45, 2.75) is 58.3 Å². The molecular formula is C22H34N2O5. The zero-order chi connectivity index (χ0) is 21.3. The Bertz CT molecular complexity index is 638. The number of hydrogen-bond donors (Lipinski definition) is 1. The van der Waals surface area contributed by atoms with Crippen LogP contribution in [0.1, 0.15) is 45.6 Å². The first-order valence-corrected chi connectivity index (χ1v) is 10.2. The largest absolute Gasteiger partial charge is 0.445 e. The van der Waals surface area contributed by atoms with E-state index in [9.17, 15) is 9.59 Å². The van der Waals surface area contributed by atoms with Crippen molar-refractivity contribution in [1.29, 1.82) is 0 Å². The fourth-order valence-corrected chi connectivity index (χ4v) is 3.01. The van der Waals surface area contributed by atoms with Crippen molar-refractivity contribution in [1.82, 2.24) is 10.2 Å². The Kier molecular flexibility index (Phi) is 8.76. The van der Waals surface area contributed by atoms with Gasteiger partial charge in [-0.3, -0.25) is 0 Å². The van der Waals surface area contributed by atoms with Crippen LogP contribution in [0, 0.1) is 5.92 Å². The number of alkyl carbamates (subject to hydrolysis) is 1. The maximum absolute atomic E-state index is 12.5. The van der Waals surface area contributed by atoms with Crippen molar-refractivity contribution in [2.75, 3.05) is 26.8 Å². The first-order chi connectivity index (χ1) is 13.8. The second-order valence-electron chi connectivity index (χ2n) is 8.50. The molecule has 1 heterocycles. The summed E-state index contributed by atoms with van der Waals surface area (Å²) in [6.07, 6.45) is 1.30. The number of nitrogens with zero attached hydrogens (tertiary/aromatic N) is 1. The van der Waals surface area contributed by atoms with Gasteiger partial charge in [0.2, 0.25) is 0 Å². The van der Waals surface area contributed by atoms with Crippen LogP contribution in [-0.4, -0.2) is 55.5 Å². The number of nitrogens with one attached hydrogen (secondary N) is 1. The van der Waals surface area contributed by atoms with Crippen molar-refractivity contribution in [3.8, 4) is 0 Å². The van der Waals surface area contributed by atoms with E-state index >= 15 is 0 Å². The average Bonchev–Trinajstić information content (AvgIpc) is 2.70. The molecule has 0 bridgehead atoms. The lowest BCUT2D eigenvalue weighted by Gasteiger charge is -2.33. The van der Waals surface area contributed by atoms with Crippen LogP contribution in [0.4, 0.5) is 9.59 Å². The second kappa shape index (κ2) is 11.0. The van der Waals surface area contributed by atoms with Gasteiger partial charge in [0.25, 0.3) is 0 Å². The zero-order valence-electron chi connectivity index (χ0n) is 18.0. The van der Waals surface area contributed by atoms with Crippen LogP contribution in [0.25, 0.3) is 0 Å². The molecule has 1 aliphatic rings. The van der Waals surface area contributed by atoms with Gasteiger partial charge in [-0.25, -0.2) is 9.59 Å². The Morgan fingerprint density at radius 2 is 2.00 bits per heavy atom. The van der Waals surface area contributed by atoms with Gasteiger partial charge in [0.1, 0.15) is 12.7 Å². The second-order valence-corrected chi connectivity index (χ2v) is 8.50. The van der Waals surface area contributed by atoms with Crippen molar-refractivity contribution in [3.05, 3.63) is 35.9 Å². The predicted molar refractivity (Wildman–Crippen MR) is 111 cm³/mol. The first-order valence-electron chi connectivity index (χ1n) is 10.2. The molecular weight excluding hydrogens is 372 g/mol. The molecule has 0 aromatic heterocycles. The third-order valence-corrected chi connectivity index (χ3v) is 5.09. The maximum Gasteiger partial charge on any atom is 0.410 e. The third-order valence-electron chi connectivity index (χ3n) is 5.09. The molecule has 0 radical (unpaired) electrons. The molecule has 2 rings (SSSR count). The van der Waals surface area contributed by atoms with Gasteiger partial charge in [-0.1, -0.05) is 30.3 Å². The molecule has 7 heteroatoms. The number of amides is 2. The highest BCUT2D eigenvalue weighted by molar-refractivity contribution is 5.69. The van der Waals surface area contributed by atoms with Gasteiger partial charge in [0, 0.05) is 25.8 Å². The Morgan fingerprint density at radius 3 is 2.62 bits per heavy atom. The number of rotatable bonds is 7. The minimum absolute atomic E-state index is 0.195. The maximum atomic E-state index is 12.5. The van der Waals surface area contributed by atoms with Gasteiger partial charge in [-0.15, -0.1) is 0 Å². The molecule has 1 unspecified atom stereocenters. The summed E-state index contributed by atoms with van der Waals surface area (Å²) in [7, 11) is 1.71. The van der Waals surface area contributed by atoms with Crippen LogP contribution < -0.4 is 5.32 Å². The number of hydrogen-bond acceptors (Lipinski definition) is 5. The van der Waals surface area contributed by atoms with E-state index in [1.165, 1.54) is 0 Å². The van der Waals surface area contributed by atoms with Crippen molar-refractivity contribution in [3.63, 3.8) is 0 Å². The average molecular weight is 407 g/mol. The smallest absolute Gasteiger partial charge is 0.410 e. The zero-order valence-corrected chi connectivity index (χ0v) is 18.0. The highest BCUT2D eigenvalue weighted by Gasteiger charge is 2.28. The molecule has 0 aliphatic carbocycles. The molecule has 1 aromatic rings. The molecule has 29 heavy (non-hydrogen) atoms. The van der Waals surface area contributed by atoms with E-state index in [1.54, 1.807) is 11.9 Å². The van der Waals surface area contributed by atoms with E-state index in [0.29, 0.717) is 18.9 Å². The predicted octanol–water partition coefficient (Wildman–Crippen LogP) is 3.97. The van der Waals surface area contributed by atoms with E-state index in [1.807, 2.05) is 51.1 Å². The Morgan fingerprint density at radius 1 is 1.28 bits per heavy atom. The monoisotopic (exact) mass is 406 g/mol. The van der Waals surface area contributed by atoms with E-state index < -0.39 is 18.3 Å². The van der Waals surface area contributed by atoms with Gasteiger partial charge in [-0.05, 0) is 51.5 Å². The van der Waals surface area contributed by atoms with Crippen molar-refractivity contribution in [2.24, 2.45) is 5.92 Å². The molecule has 0 spiro atoms. The topological polar surface area (TPSA) is 77.1 Å². The minimum Gasteiger partial charge on any atom is -0.445 e. The van der Waals surface area contributed by atoms with Crippen LogP contribution in [0.2, 0.25) is 0 Å². The molecule has 7 nitrogen and oxygen atoms in total. The van der Waals surface area contributed by atoms with E-state index in [-0.39, 0.29) is 18.7 Å². The lowest BCUT2D eigenvalue weighted by molar-refractivity contribution is 0.00775. The van der Waals surface area contributed by atoms with E-state index in [0.717, 1.165) is 25.0 Å². The normalized spacial score (nSPS) is 17.9. The molecule has 0 saturated carbocycles. The lowest BCUT2D eigenvalue weighted by Crippen LogP contribution is -2.46. The summed E-state index contributed by atoms with van der Waals surface area (Å²) in [5, 5.41) is 2.73. The number of ether oxygens (including phenoxy) is 3. The Balaban J connectivity index is 1.87. The fourth-order valence-electron chi connectivity index (χ4n) is 3.01. The molecule has 1 aromatic carbocycles. The highest BCUT2D eigenvalue weighted by atomic mass is 16.6. The lowest BCUT2D eigenvalue weighted by atomic mass is 9.95. The number of carbonyl (C=O) groups excluding carboxylic acids is 2. The Labute approximate surface area is 173 Å². The molecule has 1 aliphatic heterocycles. The van der Waals surface area contributed by atoms with Gasteiger partial charge in [-0.2, -0.15) is 0 Å². The summed E-state index contributed by atoms with van der Waals surface area (Å²) in [5.74, 6) is 0.309. The van der Waals surface area contributed by atoms with E-state index in [2.05, 4.69) is 5.32 Å². The molecule has 1 fully saturated rings. The summed E-state index contributed by atoms with van der Waals surface area (Å²) >= 11 is 0. The summed E-state index contributed by atoms with van der Waals surface area (Å²) < 4.78 is 16.5. The quantitative estimate of drug-likeness (QED) is 0.741. The fraction of sp³-hybridized carbons (Fsp3) is 0.636. The summed E-state index contributed by atoms with van der Waals surface area (Å²) in [6.45, 7) is 7.65. The van der Waals surface area contributed by atoms with Crippen LogP contribution in [-0.2, 0) is 20.8 Å². The van der Waals surface area contributed by atoms with Gasteiger partial charge in [0.15, 0.2) is 0 Å². The van der Waals surface area contributed by atoms with Crippen molar-refractivity contribution < 1.29 is 23.8 Å². The summed E-state index contributed by atoms with van der Waals surface area (Å²) in [6, 6.07) is 9.48. The molecule has 1 N–H and O–H groups in total. The SMILES string of the molecule is CN(C(=O)OC(CNC(=O)OCc1ccccc1)C[C@@H]1CCCOC1)C(C)(C)C. The standard InChI is InChI=1S/C22H34N2O5/c1-22(2,3)24(4)21(26)29-19(13-18-11-8-12-27-15-18)14-23-20(25)28-16-17-9-6-5-7-10-17/h5-7,9-10,18-19H,8,11-16H2,1-4H3,(H,23,25)/t18-,19?/m0/s1. The van der Waals surface area contributed by atoms with Gasteiger partial charge >= 0.3 is 12.2 Å². The molecule has 2 atom stereocenters. The Hall–Kier alpha value is -2.28. The molecule has 1 saturated heterocycles. The van der Waals surface area contributed by atoms with E-state index in [4.69, 9.17) is 14.2 Å². The third kappa shape index (κ3) is 8.31.